The van der Waals surface area contributed by atoms with Gasteiger partial charge in [-0.05, 0) is 31.5 Å². The molecule has 0 fully saturated rings. The van der Waals surface area contributed by atoms with Crippen molar-refractivity contribution in [2.75, 3.05) is 0 Å². The molecule has 6 nitrogen and oxygen atoms in total. The van der Waals surface area contributed by atoms with Gasteiger partial charge in [-0.1, -0.05) is 29.3 Å². The van der Waals surface area contributed by atoms with Gasteiger partial charge in [0, 0.05) is 16.6 Å². The van der Waals surface area contributed by atoms with Crippen molar-refractivity contribution in [2.45, 2.75) is 33.0 Å². The molecule has 1 unspecified atom stereocenters. The van der Waals surface area contributed by atoms with Crippen molar-refractivity contribution in [1.29, 1.82) is 0 Å². The lowest BCUT2D eigenvalue weighted by molar-refractivity contribution is 0.615. The van der Waals surface area contributed by atoms with Crippen LogP contribution in [-0.2, 0) is 13.1 Å². The standard InChI is InChI=1S/C14H18Cl2N6.HI/c1-3-22-13(19-8-20-22)7-18-14(17)21-9(2)11-5-4-10(15)6-12(11)16;/h4-6,8-9H,3,7H2,1-2H3,(H3,17,18,21);1H. The quantitative estimate of drug-likeness (QED) is 0.400. The molecule has 0 aliphatic rings. The predicted octanol–water partition coefficient (Wildman–Crippen LogP) is 3.39. The largest absolute Gasteiger partial charge is 0.370 e. The minimum atomic E-state index is -0.0856. The molecule has 0 radical (unpaired) electrons. The average Bonchev–Trinajstić information content (AvgIpc) is 2.92. The third kappa shape index (κ3) is 5.50. The molecular weight excluding hydrogens is 450 g/mol. The number of guanidine groups is 1. The summed E-state index contributed by atoms with van der Waals surface area (Å²) in [5.41, 5.74) is 6.82. The molecule has 3 N–H and O–H groups in total. The molecule has 0 bridgehead atoms. The summed E-state index contributed by atoms with van der Waals surface area (Å²) >= 11 is 12.1. The summed E-state index contributed by atoms with van der Waals surface area (Å²) in [6, 6.07) is 5.27. The Labute approximate surface area is 162 Å². The molecule has 126 valence electrons. The maximum absolute atomic E-state index is 6.18. The molecule has 0 amide bonds. The van der Waals surface area contributed by atoms with Crippen LogP contribution in [0.1, 0.15) is 31.3 Å². The topological polar surface area (TPSA) is 81.1 Å². The van der Waals surface area contributed by atoms with Gasteiger partial charge < -0.3 is 11.1 Å². The zero-order chi connectivity index (χ0) is 16.1. The van der Waals surface area contributed by atoms with Crippen molar-refractivity contribution in [2.24, 2.45) is 10.7 Å². The summed E-state index contributed by atoms with van der Waals surface area (Å²) in [6.07, 6.45) is 1.51. The number of rotatable bonds is 5. The van der Waals surface area contributed by atoms with Crippen LogP contribution in [0.2, 0.25) is 10.0 Å². The molecule has 2 rings (SSSR count). The second-order valence-electron chi connectivity index (χ2n) is 4.73. The second-order valence-corrected chi connectivity index (χ2v) is 5.57. The molecule has 1 heterocycles. The Balaban J connectivity index is 0.00000264. The SMILES string of the molecule is CCn1ncnc1CN=C(N)NC(C)c1ccc(Cl)cc1Cl.I. The summed E-state index contributed by atoms with van der Waals surface area (Å²) in [6.45, 7) is 5.06. The minimum Gasteiger partial charge on any atom is -0.370 e. The van der Waals surface area contributed by atoms with Crippen molar-refractivity contribution in [3.05, 3.63) is 46.0 Å². The van der Waals surface area contributed by atoms with E-state index in [2.05, 4.69) is 20.4 Å². The Kier molecular flexibility index (Phi) is 8.07. The molecule has 2 aromatic rings. The molecule has 9 heteroatoms. The highest BCUT2D eigenvalue weighted by atomic mass is 127. The second kappa shape index (κ2) is 9.29. The van der Waals surface area contributed by atoms with Gasteiger partial charge in [0.25, 0.3) is 0 Å². The molecule has 1 aromatic carbocycles. The number of nitrogens with zero attached hydrogens (tertiary/aromatic N) is 4. The van der Waals surface area contributed by atoms with E-state index in [1.165, 1.54) is 6.33 Å². The van der Waals surface area contributed by atoms with Crippen LogP contribution in [0.3, 0.4) is 0 Å². The molecule has 0 spiro atoms. The van der Waals surface area contributed by atoms with Crippen molar-refractivity contribution in [1.82, 2.24) is 20.1 Å². The molecule has 0 saturated carbocycles. The molecular formula is C14H19Cl2IN6. The van der Waals surface area contributed by atoms with E-state index >= 15 is 0 Å². The highest BCUT2D eigenvalue weighted by Crippen LogP contribution is 2.25. The van der Waals surface area contributed by atoms with E-state index in [0.717, 1.165) is 17.9 Å². The van der Waals surface area contributed by atoms with Gasteiger partial charge in [0.05, 0.1) is 6.04 Å². The minimum absolute atomic E-state index is 0. The molecule has 0 aliphatic heterocycles. The lowest BCUT2D eigenvalue weighted by atomic mass is 10.1. The van der Waals surface area contributed by atoms with Crippen LogP contribution >= 0.6 is 47.2 Å². The normalized spacial score (nSPS) is 12.6. The fourth-order valence-electron chi connectivity index (χ4n) is 2.03. The van der Waals surface area contributed by atoms with Gasteiger partial charge in [-0.25, -0.2) is 14.7 Å². The van der Waals surface area contributed by atoms with E-state index in [-0.39, 0.29) is 30.0 Å². The first-order valence-electron chi connectivity index (χ1n) is 6.89. The van der Waals surface area contributed by atoms with E-state index in [1.54, 1.807) is 16.8 Å². The molecule has 1 atom stereocenters. The van der Waals surface area contributed by atoms with E-state index in [9.17, 15) is 0 Å². The first kappa shape index (κ1) is 20.0. The number of hydrogen-bond donors (Lipinski definition) is 2. The van der Waals surface area contributed by atoms with E-state index in [1.807, 2.05) is 19.9 Å². The van der Waals surface area contributed by atoms with Crippen LogP contribution in [-0.4, -0.2) is 20.7 Å². The maximum atomic E-state index is 6.18. The van der Waals surface area contributed by atoms with Gasteiger partial charge >= 0.3 is 0 Å². The van der Waals surface area contributed by atoms with Gasteiger partial charge in [-0.3, -0.25) is 0 Å². The number of benzene rings is 1. The van der Waals surface area contributed by atoms with Crippen LogP contribution in [0.15, 0.2) is 29.5 Å². The Morgan fingerprint density at radius 3 is 2.83 bits per heavy atom. The maximum Gasteiger partial charge on any atom is 0.189 e. The number of aromatic nitrogens is 3. The summed E-state index contributed by atoms with van der Waals surface area (Å²) in [5.74, 6) is 1.09. The zero-order valence-corrected chi connectivity index (χ0v) is 16.7. The van der Waals surface area contributed by atoms with E-state index < -0.39 is 0 Å². The van der Waals surface area contributed by atoms with Crippen LogP contribution in [0.4, 0.5) is 0 Å². The Morgan fingerprint density at radius 1 is 1.43 bits per heavy atom. The summed E-state index contributed by atoms with van der Waals surface area (Å²) in [5, 5.41) is 8.37. The molecule has 0 saturated heterocycles. The first-order valence-corrected chi connectivity index (χ1v) is 7.65. The third-order valence-electron chi connectivity index (χ3n) is 3.18. The highest BCUT2D eigenvalue weighted by Gasteiger charge is 2.11. The first-order chi connectivity index (χ1) is 10.5. The van der Waals surface area contributed by atoms with Crippen LogP contribution in [0, 0.1) is 0 Å². The lowest BCUT2D eigenvalue weighted by Gasteiger charge is -2.16. The highest BCUT2D eigenvalue weighted by molar-refractivity contribution is 14.0. The molecule has 0 aliphatic carbocycles. The number of aliphatic imine (C=N–C) groups is 1. The van der Waals surface area contributed by atoms with Gasteiger partial charge in [-0.15, -0.1) is 24.0 Å². The van der Waals surface area contributed by atoms with Crippen LogP contribution in [0.25, 0.3) is 0 Å². The van der Waals surface area contributed by atoms with E-state index in [0.29, 0.717) is 22.5 Å². The van der Waals surface area contributed by atoms with Crippen LogP contribution in [0.5, 0.6) is 0 Å². The van der Waals surface area contributed by atoms with Crippen LogP contribution < -0.4 is 11.1 Å². The average molecular weight is 469 g/mol. The van der Waals surface area contributed by atoms with Gasteiger partial charge in [0.2, 0.25) is 0 Å². The smallest absolute Gasteiger partial charge is 0.189 e. The Morgan fingerprint density at radius 2 is 2.17 bits per heavy atom. The number of aryl methyl sites for hydroxylation is 1. The zero-order valence-electron chi connectivity index (χ0n) is 12.8. The Bertz CT molecular complexity index is 673. The number of hydrogen-bond acceptors (Lipinski definition) is 3. The van der Waals surface area contributed by atoms with Gasteiger partial charge in [-0.2, -0.15) is 5.10 Å². The van der Waals surface area contributed by atoms with Gasteiger partial charge in [0.15, 0.2) is 5.96 Å². The molecule has 1 aromatic heterocycles. The third-order valence-corrected chi connectivity index (χ3v) is 3.74. The summed E-state index contributed by atoms with van der Waals surface area (Å²) in [7, 11) is 0. The number of halogens is 3. The summed E-state index contributed by atoms with van der Waals surface area (Å²) in [4.78, 5) is 8.42. The monoisotopic (exact) mass is 468 g/mol. The van der Waals surface area contributed by atoms with E-state index in [4.69, 9.17) is 28.9 Å². The fraction of sp³-hybridized carbons (Fsp3) is 0.357. The van der Waals surface area contributed by atoms with Crippen molar-refractivity contribution >= 4 is 53.1 Å². The van der Waals surface area contributed by atoms with Crippen molar-refractivity contribution in [3.8, 4) is 0 Å². The number of nitrogens with two attached hydrogens (primary N) is 1. The predicted molar refractivity (Wildman–Crippen MR) is 104 cm³/mol. The van der Waals surface area contributed by atoms with Crippen molar-refractivity contribution < 1.29 is 0 Å². The fourth-order valence-corrected chi connectivity index (χ4v) is 2.60. The summed E-state index contributed by atoms with van der Waals surface area (Å²) < 4.78 is 1.77. The molecule has 23 heavy (non-hydrogen) atoms. The lowest BCUT2D eigenvalue weighted by Crippen LogP contribution is -2.34. The number of nitrogens with one attached hydrogen (secondary N) is 1. The Hall–Kier alpha value is -1.06. The van der Waals surface area contributed by atoms with Crippen molar-refractivity contribution in [3.63, 3.8) is 0 Å². The van der Waals surface area contributed by atoms with Gasteiger partial charge in [0.1, 0.15) is 18.7 Å².